The number of methoxy groups -OCH3 is 1. The van der Waals surface area contributed by atoms with Gasteiger partial charge in [0.1, 0.15) is 5.75 Å². The van der Waals surface area contributed by atoms with Crippen LogP contribution in [0, 0.1) is 31.6 Å². The topological polar surface area (TPSA) is 256 Å². The smallest absolute Gasteiger partial charge is 0.205 e. The highest BCUT2D eigenvalue weighted by molar-refractivity contribution is 6.08. The Morgan fingerprint density at radius 1 is 0.363 bits per heavy atom. The molecule has 1 saturated heterocycles. The maximum atomic E-state index is 5.43. The zero-order valence-electron chi connectivity index (χ0n) is 88.9. The summed E-state index contributed by atoms with van der Waals surface area (Å²) >= 11 is 0. The van der Waals surface area contributed by atoms with Crippen LogP contribution in [-0.4, -0.2) is 147 Å². The van der Waals surface area contributed by atoms with Crippen LogP contribution in [-0.2, 0) is 4.74 Å². The first-order valence-electron chi connectivity index (χ1n) is 52.9. The van der Waals surface area contributed by atoms with E-state index in [1.165, 1.54) is 119 Å². The fraction of sp³-hybridized carbons (Fsp3) is 0.374. The van der Waals surface area contributed by atoms with Crippen LogP contribution in [0.5, 0.6) is 5.75 Å². The van der Waals surface area contributed by atoms with Gasteiger partial charge in [-0.1, -0.05) is 238 Å². The molecule has 7 fully saturated rings. The van der Waals surface area contributed by atoms with Crippen LogP contribution in [0.2, 0.25) is 0 Å². The summed E-state index contributed by atoms with van der Waals surface area (Å²) in [6.07, 6.45) is 22.1. The molecule has 1 aliphatic heterocycles. The number of hydrogen-bond acceptors (Lipinski definition) is 9. The fourth-order valence-corrected chi connectivity index (χ4v) is 18.7. The molecule has 0 amide bonds. The Morgan fingerprint density at radius 3 is 1.14 bits per heavy atom. The number of fused-ring (bicyclic) bond motifs is 1. The second kappa shape index (κ2) is 59.7. The summed E-state index contributed by atoms with van der Waals surface area (Å²) in [5, 5.41) is 43.4. The van der Waals surface area contributed by atoms with Crippen molar-refractivity contribution < 1.29 is 9.47 Å². The number of ether oxygens (including phenoxy) is 2. The molecule has 0 spiro atoms. The van der Waals surface area contributed by atoms with E-state index in [1.54, 1.807) is 7.11 Å². The molecule has 12 aromatic rings. The van der Waals surface area contributed by atoms with Crippen LogP contribution >= 0.6 is 0 Å². The van der Waals surface area contributed by atoms with E-state index in [-0.39, 0.29) is 0 Å². The second-order valence-corrected chi connectivity index (χ2v) is 40.2. The zero-order valence-corrected chi connectivity index (χ0v) is 88.9. The Labute approximate surface area is 871 Å². The van der Waals surface area contributed by atoms with Crippen LogP contribution in [0.15, 0.2) is 363 Å². The normalized spacial score (nSPS) is 16.9. The molecule has 12 N–H and O–H groups in total. The summed E-state index contributed by atoms with van der Waals surface area (Å²) in [4.78, 5) is 37.6. The zero-order chi connectivity index (χ0) is 103. The molecular weight excluding hydrogens is 1800 g/mol. The summed E-state index contributed by atoms with van der Waals surface area (Å²) in [7, 11) is 5.87. The molecule has 1 heterocycles. The molecule has 6 aliphatic carbocycles. The third-order valence-corrected chi connectivity index (χ3v) is 25.1. The van der Waals surface area contributed by atoms with Crippen LogP contribution in [0.25, 0.3) is 10.8 Å². The maximum absolute atomic E-state index is 5.43. The van der Waals surface area contributed by atoms with Gasteiger partial charge in [0.25, 0.3) is 0 Å². The minimum absolute atomic E-state index is 0.326. The van der Waals surface area contributed by atoms with Crippen LogP contribution in [0.4, 0.5) is 62.6 Å². The number of aliphatic imine (C=N–C) groups is 7. The first-order chi connectivity index (χ1) is 70.9. The van der Waals surface area contributed by atoms with Crippen molar-refractivity contribution in [2.45, 2.75) is 234 Å². The highest BCUT2D eigenvalue weighted by Crippen LogP contribution is 2.56. The number of para-hydroxylation sites is 7. The number of anilines is 7. The molecule has 146 heavy (non-hydrogen) atoms. The molecule has 4 bridgehead atoms. The van der Waals surface area contributed by atoms with Gasteiger partial charge < -0.3 is 83.1 Å². The molecule has 770 valence electrons. The molecular formula is C123H161N21O2. The van der Waals surface area contributed by atoms with Gasteiger partial charge in [-0.2, -0.15) is 0 Å². The molecule has 19 rings (SSSR count). The molecule has 12 aromatic carbocycles. The van der Waals surface area contributed by atoms with E-state index in [2.05, 4.69) is 223 Å². The van der Waals surface area contributed by atoms with Crippen molar-refractivity contribution in [1.82, 2.24) is 36.4 Å². The lowest BCUT2D eigenvalue weighted by molar-refractivity contribution is -0.0106. The highest BCUT2D eigenvalue weighted by Gasteiger charge is 2.51. The maximum Gasteiger partial charge on any atom is 0.205 e. The molecule has 23 heteroatoms. The van der Waals surface area contributed by atoms with Gasteiger partial charge in [0, 0.05) is 114 Å². The van der Waals surface area contributed by atoms with Crippen molar-refractivity contribution in [3.05, 3.63) is 339 Å². The summed E-state index contributed by atoms with van der Waals surface area (Å²) in [5.74, 6) is 9.70. The van der Waals surface area contributed by atoms with Gasteiger partial charge in [-0.25, -0.2) is 25.0 Å². The summed E-state index contributed by atoms with van der Waals surface area (Å²) in [5.41, 5.74) is 13.3. The third kappa shape index (κ3) is 40.3. The van der Waals surface area contributed by atoms with Gasteiger partial charge in [0.2, 0.25) is 23.8 Å². The number of nitrogens with zero attached hydrogens (tertiary/aromatic N) is 9. The fourth-order valence-electron chi connectivity index (χ4n) is 18.7. The summed E-state index contributed by atoms with van der Waals surface area (Å²) < 4.78 is 10.6. The number of benzene rings is 12. The van der Waals surface area contributed by atoms with Gasteiger partial charge >= 0.3 is 0 Å². The van der Waals surface area contributed by atoms with E-state index in [4.69, 9.17) is 34.4 Å². The monoisotopic (exact) mass is 1960 g/mol. The minimum Gasteiger partial charge on any atom is -0.497 e. The molecule has 0 aromatic heterocycles. The van der Waals surface area contributed by atoms with Crippen molar-refractivity contribution in [2.75, 3.05) is 84.7 Å². The number of aryl methyl sites for hydroxylation is 2. The van der Waals surface area contributed by atoms with Crippen LogP contribution in [0.3, 0.4) is 0 Å². The largest absolute Gasteiger partial charge is 0.497 e. The molecule has 6 saturated carbocycles. The Hall–Kier alpha value is -14.5. The minimum atomic E-state index is 0.326. The Balaban J connectivity index is 0.000000153. The SMILES string of the molecule is CC(C)N=C(NC(C)C)NC(C)C.CC(C)N=C(NC(C)C)NC12CC3CC(CC(C3)C1)C2.CN(C)C(=NC1CCCCC1)NC1CCCCC1.COc1ccc(N=C(Nc2ccccc2)Nc2ccccc2)cc1.Cc1ccc(N=C(Nc2ccccc2)Nc2ccc(C)cc2)cc1.c1ccc(N=C(Nc2ccccc2)N2CCOCC2)cc1.c1ccc(NC(=Nc2cccc3ccccc23)Nc2ccccc2)cc1. The van der Waals surface area contributed by atoms with Gasteiger partial charge in [-0.05, 0) is 310 Å². The van der Waals surface area contributed by atoms with Crippen molar-refractivity contribution in [3.63, 3.8) is 0 Å². The van der Waals surface area contributed by atoms with E-state index in [0.29, 0.717) is 65.7 Å². The lowest BCUT2D eigenvalue weighted by Gasteiger charge is -2.57. The average Bonchev–Trinajstić information content (AvgIpc) is 0.746. The van der Waals surface area contributed by atoms with Gasteiger partial charge in [-0.3, -0.25) is 9.98 Å². The number of guanidine groups is 7. The average molecular weight is 1970 g/mol. The molecule has 0 radical (unpaired) electrons. The van der Waals surface area contributed by atoms with E-state index in [0.717, 1.165) is 142 Å². The second-order valence-electron chi connectivity index (χ2n) is 40.2. The summed E-state index contributed by atoms with van der Waals surface area (Å²) in [6.45, 7) is 28.6. The van der Waals surface area contributed by atoms with E-state index in [9.17, 15) is 0 Å². The quantitative estimate of drug-likeness (QED) is 0.0250. The van der Waals surface area contributed by atoms with Gasteiger partial charge in [0.15, 0.2) is 17.9 Å². The predicted octanol–water partition coefficient (Wildman–Crippen LogP) is 27.8. The molecule has 7 aliphatic rings. The van der Waals surface area contributed by atoms with Gasteiger partial charge in [-0.15, -0.1) is 0 Å². The van der Waals surface area contributed by atoms with E-state index >= 15 is 0 Å². The first kappa shape index (κ1) is 110. The number of nitrogens with one attached hydrogen (secondary N) is 12. The number of hydrogen-bond donors (Lipinski definition) is 12. The van der Waals surface area contributed by atoms with Crippen molar-refractivity contribution in [2.24, 2.45) is 52.7 Å². The molecule has 0 unspecified atom stereocenters. The van der Waals surface area contributed by atoms with E-state index < -0.39 is 0 Å². The lowest BCUT2D eigenvalue weighted by Crippen LogP contribution is -2.62. The number of morpholine rings is 1. The van der Waals surface area contributed by atoms with Crippen molar-refractivity contribution in [3.8, 4) is 5.75 Å². The molecule has 0 atom stereocenters. The Bertz CT molecular complexity index is 5810. The first-order valence-corrected chi connectivity index (χ1v) is 52.9. The Morgan fingerprint density at radius 2 is 0.719 bits per heavy atom. The highest BCUT2D eigenvalue weighted by atomic mass is 16.5. The lowest BCUT2D eigenvalue weighted by atomic mass is 9.53. The standard InChI is InChI=1S/C23H19N3.C21H21N3.C20H19N3O.C17H19N3O.C17H31N3.C15H29N3.C10H23N3/c1-3-12-19(13-4-1)24-23(25-20-14-5-2-6-15-20)26-22-17-9-11-18-10-7-8-16-21(18)22;1-16-8-12-19(13-9-16)23-21(22-18-6-4-3-5-7-18)24-20-14-10-17(2)11-15-20;1-24-19-14-12-18(13-15-19)23-20(21-16-8-4-2-5-9-16)22-17-10-6-3-7-11-17;1-3-7-15(8-4-1)18-17(20-11-13-21-14-12-20)19-16-9-5-2-6-10-16;1-11(2)18-16(19-12(3)4)20-17-8-13-5-14(9-17)7-15(6-13)10-17;1-18(2)15(16-13-9-5-3-6-10-13)17-14-11-7-4-8-12-14;1-7(2)11-10(12-8(3)4)13-9(5)6/h1-17H,(H2,24,25,26);3-15H,1-2H3,(H2,22,23,24);2-15H,1H3,(H2,21,22,23);1-10H,11-14H2,(H,18,19);11-15H,5-10H2,1-4H3,(H2,18,19,20);13-14H,3-12H2,1-2H3,(H,16,17);7-9H,1-6H3,(H2,11,12,13). The third-order valence-electron chi connectivity index (χ3n) is 25.1. The van der Waals surface area contributed by atoms with Crippen molar-refractivity contribution >= 4 is 115 Å². The number of rotatable bonds is 20. The van der Waals surface area contributed by atoms with Crippen LogP contribution < -0.4 is 68.5 Å². The summed E-state index contributed by atoms with van der Waals surface area (Å²) in [6, 6.07) is 112. The van der Waals surface area contributed by atoms with E-state index in [1.807, 2.05) is 285 Å². The predicted molar refractivity (Wildman–Crippen MR) is 623 cm³/mol. The molecule has 23 nitrogen and oxygen atoms in total. The van der Waals surface area contributed by atoms with Gasteiger partial charge in [0.05, 0.1) is 49.1 Å². The van der Waals surface area contributed by atoms with Crippen molar-refractivity contribution in [1.29, 1.82) is 0 Å². The van der Waals surface area contributed by atoms with Crippen LogP contribution in [0.1, 0.15) is 183 Å². The Kier molecular flexibility index (Phi) is 45.1.